The van der Waals surface area contributed by atoms with Crippen LogP contribution in [0.1, 0.15) is 58.3 Å². The number of aromatic nitrogens is 1. The zero-order valence-corrected chi connectivity index (χ0v) is 20.1. The average molecular weight is 481 g/mol. The number of carboxylic acids is 1. The number of hydrogen-bond acceptors (Lipinski definition) is 6. The highest BCUT2D eigenvalue weighted by Gasteiger charge is 2.40. The van der Waals surface area contributed by atoms with E-state index in [2.05, 4.69) is 19.9 Å². The van der Waals surface area contributed by atoms with E-state index in [1.807, 2.05) is 31.5 Å². The van der Waals surface area contributed by atoms with Gasteiger partial charge >= 0.3 is 5.97 Å². The third-order valence-electron chi connectivity index (χ3n) is 7.14. The van der Waals surface area contributed by atoms with Gasteiger partial charge in [-0.25, -0.2) is 8.42 Å². The molecule has 33 heavy (non-hydrogen) atoms. The number of anilines is 1. The molecule has 1 saturated heterocycles. The van der Waals surface area contributed by atoms with Gasteiger partial charge in [-0.1, -0.05) is 13.3 Å². The van der Waals surface area contributed by atoms with E-state index in [1.165, 1.54) is 5.69 Å². The Bertz CT molecular complexity index is 891. The lowest BCUT2D eigenvalue weighted by atomic mass is 9.65. The standard InChI is InChI=1S/C23H36N4O5S/c1-2-3-16-33(31,32)26-20(22(29)30)17-25-21(28)18-4-8-23(9-5-18)10-14-27(15-11-23)19-6-12-24-13-7-19/h6-7,12-13,18,20,26H,2-5,8-11,14-17H2,1H3,(H,25,28)(H,29,30)/t20-/m0/s1. The van der Waals surface area contributed by atoms with Crippen molar-refractivity contribution in [3.63, 3.8) is 0 Å². The first-order chi connectivity index (χ1) is 15.7. The first-order valence-corrected chi connectivity index (χ1v) is 13.5. The predicted molar refractivity (Wildman–Crippen MR) is 126 cm³/mol. The normalized spacial score (nSPS) is 19.8. The summed E-state index contributed by atoms with van der Waals surface area (Å²) in [5, 5.41) is 12.0. The average Bonchev–Trinajstić information content (AvgIpc) is 2.81. The minimum Gasteiger partial charge on any atom is -0.480 e. The fourth-order valence-electron chi connectivity index (χ4n) is 4.92. The molecule has 1 atom stereocenters. The molecule has 9 nitrogen and oxygen atoms in total. The minimum absolute atomic E-state index is 0.121. The highest BCUT2D eigenvalue weighted by Crippen LogP contribution is 2.46. The number of amides is 1. The van der Waals surface area contributed by atoms with E-state index in [0.717, 1.165) is 51.6 Å². The molecule has 1 aliphatic heterocycles. The van der Waals surface area contributed by atoms with Gasteiger partial charge in [-0.2, -0.15) is 4.72 Å². The highest BCUT2D eigenvalue weighted by atomic mass is 32.2. The van der Waals surface area contributed by atoms with Crippen LogP contribution in [-0.4, -0.2) is 61.8 Å². The van der Waals surface area contributed by atoms with Gasteiger partial charge in [-0.3, -0.25) is 14.6 Å². The lowest BCUT2D eigenvalue weighted by Crippen LogP contribution is -2.50. The molecule has 1 saturated carbocycles. The van der Waals surface area contributed by atoms with E-state index in [4.69, 9.17) is 0 Å². The Morgan fingerprint density at radius 1 is 1.18 bits per heavy atom. The zero-order chi connectivity index (χ0) is 23.9. The number of carbonyl (C=O) groups is 2. The molecule has 3 rings (SSSR count). The van der Waals surface area contributed by atoms with E-state index >= 15 is 0 Å². The molecule has 3 N–H and O–H groups in total. The Hall–Kier alpha value is -2.20. The number of sulfonamides is 1. The molecule has 2 aliphatic rings. The van der Waals surface area contributed by atoms with Crippen molar-refractivity contribution in [2.45, 2.75) is 64.3 Å². The second-order valence-corrected chi connectivity index (χ2v) is 11.3. The van der Waals surface area contributed by atoms with Gasteiger partial charge in [-0.05, 0) is 62.5 Å². The van der Waals surface area contributed by atoms with E-state index < -0.39 is 22.0 Å². The summed E-state index contributed by atoms with van der Waals surface area (Å²) in [6.45, 7) is 3.61. The second kappa shape index (κ2) is 11.3. The van der Waals surface area contributed by atoms with Crippen LogP contribution in [0.25, 0.3) is 0 Å². The molecule has 1 spiro atoms. The summed E-state index contributed by atoms with van der Waals surface area (Å²) in [6.07, 6.45) is 10.5. The molecule has 0 unspecified atom stereocenters. The van der Waals surface area contributed by atoms with Crippen LogP contribution < -0.4 is 14.9 Å². The molecular weight excluding hydrogens is 444 g/mol. The molecule has 0 aromatic carbocycles. The van der Waals surface area contributed by atoms with Gasteiger partial charge in [-0.15, -0.1) is 0 Å². The SMILES string of the molecule is CCCCS(=O)(=O)N[C@@H](CNC(=O)C1CCC2(CC1)CCN(c1ccncc1)CC2)C(=O)O. The number of unbranched alkanes of at least 4 members (excludes halogenated alkanes) is 1. The molecule has 10 heteroatoms. The van der Waals surface area contributed by atoms with Gasteiger partial charge in [0, 0.05) is 43.6 Å². The molecule has 1 aromatic heterocycles. The van der Waals surface area contributed by atoms with Gasteiger partial charge in [0.15, 0.2) is 0 Å². The van der Waals surface area contributed by atoms with Crippen molar-refractivity contribution in [1.82, 2.24) is 15.0 Å². The number of aliphatic carboxylic acids is 1. The van der Waals surface area contributed by atoms with Gasteiger partial charge in [0.1, 0.15) is 6.04 Å². The van der Waals surface area contributed by atoms with Gasteiger partial charge < -0.3 is 15.3 Å². The first-order valence-electron chi connectivity index (χ1n) is 11.9. The number of rotatable bonds is 10. The van der Waals surface area contributed by atoms with Crippen LogP contribution in [-0.2, 0) is 19.6 Å². The van der Waals surface area contributed by atoms with Crippen molar-refractivity contribution in [3.8, 4) is 0 Å². The van der Waals surface area contributed by atoms with Crippen LogP contribution in [0, 0.1) is 11.3 Å². The predicted octanol–water partition coefficient (Wildman–Crippen LogP) is 2.15. The molecule has 1 aliphatic carbocycles. The summed E-state index contributed by atoms with van der Waals surface area (Å²) in [4.78, 5) is 30.6. The molecular formula is C23H36N4O5S. The fourth-order valence-corrected chi connectivity index (χ4v) is 6.33. The first kappa shape index (κ1) is 25.4. The summed E-state index contributed by atoms with van der Waals surface area (Å²) in [7, 11) is -3.69. The summed E-state index contributed by atoms with van der Waals surface area (Å²) in [6, 6.07) is 2.71. The molecule has 0 radical (unpaired) electrons. The molecule has 1 aromatic rings. The summed E-state index contributed by atoms with van der Waals surface area (Å²) >= 11 is 0. The Morgan fingerprint density at radius 3 is 2.39 bits per heavy atom. The van der Waals surface area contributed by atoms with E-state index in [1.54, 1.807) is 0 Å². The molecule has 184 valence electrons. The lowest BCUT2D eigenvalue weighted by molar-refractivity contribution is -0.139. The summed E-state index contributed by atoms with van der Waals surface area (Å²) in [5.74, 6) is -1.75. The van der Waals surface area contributed by atoms with E-state index in [0.29, 0.717) is 12.8 Å². The smallest absolute Gasteiger partial charge is 0.323 e. The Kier molecular flexibility index (Phi) is 8.69. The monoisotopic (exact) mass is 480 g/mol. The maximum Gasteiger partial charge on any atom is 0.323 e. The second-order valence-electron chi connectivity index (χ2n) is 9.39. The van der Waals surface area contributed by atoms with Crippen LogP contribution in [0.5, 0.6) is 0 Å². The quantitative estimate of drug-likeness (QED) is 0.468. The number of nitrogens with zero attached hydrogens (tertiary/aromatic N) is 2. The third kappa shape index (κ3) is 7.14. The maximum atomic E-state index is 12.7. The minimum atomic E-state index is -3.69. The maximum absolute atomic E-state index is 12.7. The van der Waals surface area contributed by atoms with Gasteiger partial charge in [0.25, 0.3) is 0 Å². The van der Waals surface area contributed by atoms with Crippen LogP contribution >= 0.6 is 0 Å². The highest BCUT2D eigenvalue weighted by molar-refractivity contribution is 7.89. The molecule has 0 bridgehead atoms. The van der Waals surface area contributed by atoms with Crippen molar-refractivity contribution in [2.75, 3.05) is 30.3 Å². The third-order valence-corrected chi connectivity index (χ3v) is 8.61. The Balaban J connectivity index is 1.45. The Morgan fingerprint density at radius 2 is 1.82 bits per heavy atom. The van der Waals surface area contributed by atoms with Crippen molar-refractivity contribution >= 4 is 27.6 Å². The van der Waals surface area contributed by atoms with Crippen LogP contribution in [0.3, 0.4) is 0 Å². The van der Waals surface area contributed by atoms with Crippen LogP contribution in [0.4, 0.5) is 5.69 Å². The number of nitrogens with one attached hydrogen (secondary N) is 2. The summed E-state index contributed by atoms with van der Waals surface area (Å²) < 4.78 is 26.3. The van der Waals surface area contributed by atoms with Crippen molar-refractivity contribution in [2.24, 2.45) is 11.3 Å². The summed E-state index contributed by atoms with van der Waals surface area (Å²) in [5.41, 5.74) is 1.48. The molecule has 1 amide bonds. The van der Waals surface area contributed by atoms with Crippen molar-refractivity contribution < 1.29 is 23.1 Å². The zero-order valence-electron chi connectivity index (χ0n) is 19.3. The Labute approximate surface area is 196 Å². The largest absolute Gasteiger partial charge is 0.480 e. The number of pyridine rings is 1. The molecule has 2 fully saturated rings. The number of hydrogen-bond donors (Lipinski definition) is 3. The number of piperidine rings is 1. The van der Waals surface area contributed by atoms with E-state index in [9.17, 15) is 23.1 Å². The van der Waals surface area contributed by atoms with Crippen molar-refractivity contribution in [3.05, 3.63) is 24.5 Å². The fraction of sp³-hybridized carbons (Fsp3) is 0.696. The number of carboxylic acid groups (broad SMARTS) is 1. The van der Waals surface area contributed by atoms with Gasteiger partial charge in [0.2, 0.25) is 15.9 Å². The van der Waals surface area contributed by atoms with E-state index in [-0.39, 0.29) is 29.5 Å². The topological polar surface area (TPSA) is 129 Å². The van der Waals surface area contributed by atoms with Crippen molar-refractivity contribution in [1.29, 1.82) is 0 Å². The lowest BCUT2D eigenvalue weighted by Gasteiger charge is -2.46. The molecule has 2 heterocycles. The van der Waals surface area contributed by atoms with Gasteiger partial charge in [0.05, 0.1) is 5.75 Å². The van der Waals surface area contributed by atoms with Crippen LogP contribution in [0.2, 0.25) is 0 Å². The number of carbonyl (C=O) groups excluding carboxylic acids is 1. The van der Waals surface area contributed by atoms with Crippen LogP contribution in [0.15, 0.2) is 24.5 Å².